The van der Waals surface area contributed by atoms with Crippen LogP contribution in [0, 0.1) is 10.1 Å². The molecule has 0 atom stereocenters. The highest BCUT2D eigenvalue weighted by molar-refractivity contribution is 8.01. The van der Waals surface area contributed by atoms with Crippen LogP contribution in [0.15, 0.2) is 48.0 Å². The normalized spacial score (nSPS) is 10.9. The summed E-state index contributed by atoms with van der Waals surface area (Å²) >= 11 is 7.97. The van der Waals surface area contributed by atoms with Gasteiger partial charge in [0.25, 0.3) is 5.69 Å². The van der Waals surface area contributed by atoms with Crippen LogP contribution in [0.5, 0.6) is 0 Å². The molecule has 0 unspecified atom stereocenters. The molecule has 140 valence electrons. The summed E-state index contributed by atoms with van der Waals surface area (Å²) < 4.78 is 10.4. The Morgan fingerprint density at radius 1 is 1.41 bits per heavy atom. The van der Waals surface area contributed by atoms with Gasteiger partial charge in [-0.2, -0.15) is 0 Å². The van der Waals surface area contributed by atoms with Crippen molar-refractivity contribution in [3.8, 4) is 0 Å². The maximum Gasteiger partial charge on any atom is 0.350 e. The van der Waals surface area contributed by atoms with Gasteiger partial charge in [-0.3, -0.25) is 14.9 Å². The molecule has 0 spiro atoms. The van der Waals surface area contributed by atoms with E-state index in [0.29, 0.717) is 16.0 Å². The molecule has 0 aliphatic heterocycles. The maximum atomic E-state index is 12.2. The van der Waals surface area contributed by atoms with Crippen molar-refractivity contribution in [2.75, 3.05) is 6.61 Å². The molecule has 0 aliphatic carbocycles. The van der Waals surface area contributed by atoms with E-state index in [1.54, 1.807) is 31.2 Å². The van der Waals surface area contributed by atoms with Gasteiger partial charge in [0.15, 0.2) is 0 Å². The van der Waals surface area contributed by atoms with Crippen LogP contribution < -0.4 is 5.63 Å². The highest BCUT2D eigenvalue weighted by atomic mass is 35.5. The number of nitrogens with zero attached hydrogens (tertiary/aromatic N) is 1. The molecule has 2 aromatic heterocycles. The minimum atomic E-state index is -0.607. The van der Waals surface area contributed by atoms with Gasteiger partial charge in [0.2, 0.25) is 0 Å². The second-order valence-electron chi connectivity index (χ2n) is 5.32. The first-order valence-corrected chi connectivity index (χ1v) is 9.78. The number of thiophene rings is 1. The van der Waals surface area contributed by atoms with Crippen LogP contribution in [0.1, 0.15) is 12.5 Å². The van der Waals surface area contributed by atoms with Crippen LogP contribution in [0.2, 0.25) is 5.02 Å². The summed E-state index contributed by atoms with van der Waals surface area (Å²) in [6.45, 7) is 1.85. The third-order valence-corrected chi connectivity index (χ3v) is 5.96. The van der Waals surface area contributed by atoms with Crippen molar-refractivity contribution in [3.05, 3.63) is 60.8 Å². The molecule has 0 bridgehead atoms. The fraction of sp³-hybridized carbons (Fsp3) is 0.176. The van der Waals surface area contributed by atoms with E-state index < -0.39 is 16.5 Å². The number of halogens is 1. The summed E-state index contributed by atoms with van der Waals surface area (Å²) in [7, 11) is 0. The van der Waals surface area contributed by atoms with E-state index in [4.69, 9.17) is 20.8 Å². The molecule has 27 heavy (non-hydrogen) atoms. The molecule has 2 heterocycles. The fourth-order valence-corrected chi connectivity index (χ4v) is 4.73. The largest absolute Gasteiger partial charge is 0.466 e. The average molecular weight is 426 g/mol. The summed E-state index contributed by atoms with van der Waals surface area (Å²) in [5, 5.41) is 14.1. The number of nitro groups is 1. The second-order valence-corrected chi connectivity index (χ2v) is 7.94. The SMILES string of the molecule is CCOC(=O)Cc1csc(Sc2cc3cc(Cl)ccc3oc2=O)c1[N+](=O)[O-]. The molecule has 3 rings (SSSR count). The smallest absolute Gasteiger partial charge is 0.350 e. The number of fused-ring (bicyclic) bond motifs is 1. The highest BCUT2D eigenvalue weighted by Crippen LogP contribution is 2.41. The zero-order chi connectivity index (χ0) is 19.6. The third kappa shape index (κ3) is 4.32. The molecular formula is C17H12ClNO6S2. The van der Waals surface area contributed by atoms with Gasteiger partial charge in [-0.25, -0.2) is 4.79 Å². The molecule has 1 aromatic carbocycles. The fourth-order valence-electron chi connectivity index (χ4n) is 2.37. The zero-order valence-electron chi connectivity index (χ0n) is 13.9. The van der Waals surface area contributed by atoms with Crippen molar-refractivity contribution in [2.24, 2.45) is 0 Å². The van der Waals surface area contributed by atoms with E-state index >= 15 is 0 Å². The van der Waals surface area contributed by atoms with Gasteiger partial charge in [-0.1, -0.05) is 23.4 Å². The Balaban J connectivity index is 1.98. The van der Waals surface area contributed by atoms with Crippen LogP contribution in [0.25, 0.3) is 11.0 Å². The van der Waals surface area contributed by atoms with Crippen molar-refractivity contribution in [1.82, 2.24) is 0 Å². The number of ether oxygens (including phenoxy) is 1. The van der Waals surface area contributed by atoms with Crippen molar-refractivity contribution in [3.63, 3.8) is 0 Å². The summed E-state index contributed by atoms with van der Waals surface area (Å²) in [4.78, 5) is 35.0. The minimum absolute atomic E-state index is 0.192. The van der Waals surface area contributed by atoms with Crippen LogP contribution in [-0.4, -0.2) is 17.5 Å². The minimum Gasteiger partial charge on any atom is -0.466 e. The Hall–Kier alpha value is -2.36. The number of benzene rings is 1. The van der Waals surface area contributed by atoms with Crippen LogP contribution >= 0.6 is 34.7 Å². The third-order valence-electron chi connectivity index (χ3n) is 3.49. The summed E-state index contributed by atoms with van der Waals surface area (Å²) in [5.74, 6) is -0.546. The van der Waals surface area contributed by atoms with Crippen LogP contribution in [0.4, 0.5) is 5.69 Å². The van der Waals surface area contributed by atoms with Crippen molar-refractivity contribution in [1.29, 1.82) is 0 Å². The molecule has 0 fully saturated rings. The quantitative estimate of drug-likeness (QED) is 0.245. The molecule has 0 amide bonds. The van der Waals surface area contributed by atoms with E-state index in [2.05, 4.69) is 0 Å². The van der Waals surface area contributed by atoms with E-state index in [1.165, 1.54) is 5.38 Å². The van der Waals surface area contributed by atoms with Gasteiger partial charge in [0.05, 0.1) is 28.4 Å². The lowest BCUT2D eigenvalue weighted by Gasteiger charge is -2.02. The molecule has 10 heteroatoms. The lowest BCUT2D eigenvalue weighted by molar-refractivity contribution is -0.387. The standard InChI is InChI=1S/C17H12ClNO6S2/c1-2-24-14(20)7-10-8-26-17(15(10)19(22)23)27-13-6-9-5-11(18)3-4-12(9)25-16(13)21/h3-6,8H,2,7H2,1H3. The summed E-state index contributed by atoms with van der Waals surface area (Å²) in [6, 6.07) is 6.40. The number of hydrogen-bond donors (Lipinski definition) is 0. The average Bonchev–Trinajstić information content (AvgIpc) is 2.98. The molecular weight excluding hydrogens is 414 g/mol. The van der Waals surface area contributed by atoms with Gasteiger partial charge in [-0.15, -0.1) is 11.3 Å². The first-order chi connectivity index (χ1) is 12.9. The molecule has 0 saturated heterocycles. The number of hydrogen-bond acceptors (Lipinski definition) is 8. The van der Waals surface area contributed by atoms with Crippen molar-refractivity contribution in [2.45, 2.75) is 22.4 Å². The molecule has 0 radical (unpaired) electrons. The molecule has 3 aromatic rings. The highest BCUT2D eigenvalue weighted by Gasteiger charge is 2.26. The summed E-state index contributed by atoms with van der Waals surface area (Å²) in [5.41, 5.74) is -0.190. The predicted molar refractivity (Wildman–Crippen MR) is 103 cm³/mol. The van der Waals surface area contributed by atoms with Gasteiger partial charge in [-0.05, 0) is 31.2 Å². The van der Waals surface area contributed by atoms with Gasteiger partial charge in [0.1, 0.15) is 9.79 Å². The topological polar surface area (TPSA) is 99.7 Å². The van der Waals surface area contributed by atoms with E-state index in [1.807, 2.05) is 0 Å². The van der Waals surface area contributed by atoms with E-state index in [9.17, 15) is 19.7 Å². The van der Waals surface area contributed by atoms with Gasteiger partial charge in [0, 0.05) is 15.8 Å². The maximum absolute atomic E-state index is 12.2. The van der Waals surface area contributed by atoms with Crippen molar-refractivity contribution < 1.29 is 18.9 Å². The number of carbonyl (C=O) groups is 1. The molecule has 0 saturated carbocycles. The molecule has 0 N–H and O–H groups in total. The van der Waals surface area contributed by atoms with E-state index in [0.717, 1.165) is 23.1 Å². The lowest BCUT2D eigenvalue weighted by atomic mass is 10.2. The second kappa shape index (κ2) is 8.12. The Kier molecular flexibility index (Phi) is 5.83. The first-order valence-electron chi connectivity index (χ1n) is 7.70. The van der Waals surface area contributed by atoms with E-state index in [-0.39, 0.29) is 33.4 Å². The Morgan fingerprint density at radius 2 is 2.19 bits per heavy atom. The van der Waals surface area contributed by atoms with Crippen LogP contribution in [0.3, 0.4) is 0 Å². The monoisotopic (exact) mass is 425 g/mol. The molecule has 0 aliphatic rings. The van der Waals surface area contributed by atoms with Gasteiger partial charge >= 0.3 is 11.6 Å². The predicted octanol–water partition coefficient (Wildman–Crippen LogP) is 4.67. The summed E-state index contributed by atoms with van der Waals surface area (Å²) in [6.07, 6.45) is -0.205. The number of carbonyl (C=O) groups excluding carboxylic acids is 1. The number of esters is 1. The molecule has 7 nitrogen and oxygen atoms in total. The Labute approximate surface area is 166 Å². The van der Waals surface area contributed by atoms with Crippen LogP contribution in [-0.2, 0) is 16.0 Å². The number of rotatable bonds is 6. The Bertz CT molecular complexity index is 1090. The Morgan fingerprint density at radius 3 is 2.89 bits per heavy atom. The lowest BCUT2D eigenvalue weighted by Crippen LogP contribution is -2.08. The van der Waals surface area contributed by atoms with Crippen molar-refractivity contribution >= 4 is 57.3 Å². The van der Waals surface area contributed by atoms with Gasteiger partial charge < -0.3 is 9.15 Å². The first kappa shape index (κ1) is 19.4. The zero-order valence-corrected chi connectivity index (χ0v) is 16.3.